The smallest absolute Gasteiger partial charge is 0.266 e. The zero-order valence-corrected chi connectivity index (χ0v) is 13.3. The Morgan fingerprint density at radius 3 is 3.05 bits per heavy atom. The highest BCUT2D eigenvalue weighted by Crippen LogP contribution is 2.26. The average Bonchev–Trinajstić information content (AvgIpc) is 3.19. The van der Waals surface area contributed by atoms with E-state index >= 15 is 0 Å². The second kappa shape index (κ2) is 5.97. The largest absolute Gasteiger partial charge is 0.333 e. The van der Waals surface area contributed by atoms with Crippen molar-refractivity contribution in [2.45, 2.75) is 45.7 Å². The quantitative estimate of drug-likeness (QED) is 0.872. The Morgan fingerprint density at radius 2 is 2.38 bits per heavy atom. The molecule has 6 heteroatoms. The van der Waals surface area contributed by atoms with Gasteiger partial charge in [-0.3, -0.25) is 9.48 Å². The van der Waals surface area contributed by atoms with E-state index in [0.29, 0.717) is 0 Å². The second-order valence-electron chi connectivity index (χ2n) is 5.40. The van der Waals surface area contributed by atoms with Crippen molar-refractivity contribution in [3.8, 4) is 0 Å². The van der Waals surface area contributed by atoms with E-state index in [0.717, 1.165) is 47.9 Å². The Morgan fingerprint density at radius 1 is 1.52 bits per heavy atom. The zero-order valence-electron chi connectivity index (χ0n) is 12.5. The first-order valence-corrected chi connectivity index (χ1v) is 8.25. The number of thiazole rings is 1. The molecule has 0 bridgehead atoms. The summed E-state index contributed by atoms with van der Waals surface area (Å²) in [6.07, 6.45) is 6.73. The lowest BCUT2D eigenvalue weighted by Gasteiger charge is -2.24. The van der Waals surface area contributed by atoms with Gasteiger partial charge < -0.3 is 4.90 Å². The first-order valence-electron chi connectivity index (χ1n) is 7.43. The van der Waals surface area contributed by atoms with Crippen LogP contribution in [0, 0.1) is 6.92 Å². The maximum absolute atomic E-state index is 12.8. The molecule has 2 aromatic heterocycles. The van der Waals surface area contributed by atoms with E-state index in [1.807, 2.05) is 28.8 Å². The summed E-state index contributed by atoms with van der Waals surface area (Å²) in [6, 6.07) is 2.16. The molecule has 3 rings (SSSR count). The van der Waals surface area contributed by atoms with Crippen molar-refractivity contribution in [1.82, 2.24) is 19.7 Å². The molecular weight excluding hydrogens is 284 g/mol. The Labute approximate surface area is 128 Å². The van der Waals surface area contributed by atoms with Crippen LogP contribution < -0.4 is 0 Å². The third-order valence-electron chi connectivity index (χ3n) is 3.93. The lowest BCUT2D eigenvalue weighted by Crippen LogP contribution is -2.38. The van der Waals surface area contributed by atoms with Gasteiger partial charge >= 0.3 is 0 Å². The molecule has 1 saturated heterocycles. The molecule has 1 aliphatic heterocycles. The molecule has 21 heavy (non-hydrogen) atoms. The normalized spacial score (nSPS) is 18.4. The summed E-state index contributed by atoms with van der Waals surface area (Å²) in [5.74, 6) is 0.138. The van der Waals surface area contributed by atoms with Gasteiger partial charge in [0.05, 0.1) is 23.3 Å². The van der Waals surface area contributed by atoms with Crippen molar-refractivity contribution in [1.29, 1.82) is 0 Å². The van der Waals surface area contributed by atoms with Crippen LogP contribution in [0.2, 0.25) is 0 Å². The summed E-state index contributed by atoms with van der Waals surface area (Å²) in [5.41, 5.74) is 0.867. The van der Waals surface area contributed by atoms with Crippen molar-refractivity contribution in [2.24, 2.45) is 0 Å². The van der Waals surface area contributed by atoms with Crippen LogP contribution >= 0.6 is 11.3 Å². The Kier molecular flexibility index (Phi) is 4.05. The number of aromatic nitrogens is 3. The van der Waals surface area contributed by atoms with Crippen LogP contribution in [0.3, 0.4) is 0 Å². The number of hydrogen-bond donors (Lipinski definition) is 0. The monoisotopic (exact) mass is 304 g/mol. The molecule has 1 aliphatic rings. The second-order valence-corrected chi connectivity index (χ2v) is 6.48. The summed E-state index contributed by atoms with van der Waals surface area (Å²) in [6.45, 7) is 5.62. The van der Waals surface area contributed by atoms with E-state index in [9.17, 15) is 4.79 Å². The van der Waals surface area contributed by atoms with E-state index in [1.54, 1.807) is 6.20 Å². The molecule has 2 aromatic rings. The van der Waals surface area contributed by atoms with Gasteiger partial charge in [0.2, 0.25) is 0 Å². The van der Waals surface area contributed by atoms with Crippen LogP contribution in [0.25, 0.3) is 0 Å². The van der Waals surface area contributed by atoms with Crippen LogP contribution in [-0.4, -0.2) is 38.2 Å². The highest BCUT2D eigenvalue weighted by molar-refractivity contribution is 7.13. The highest BCUT2D eigenvalue weighted by Gasteiger charge is 2.31. The number of carbonyl (C=O) groups is 1. The van der Waals surface area contributed by atoms with Gasteiger partial charge in [0, 0.05) is 18.9 Å². The summed E-state index contributed by atoms with van der Waals surface area (Å²) in [5, 5.41) is 5.29. The fraction of sp³-hybridized carbons (Fsp3) is 0.533. The zero-order chi connectivity index (χ0) is 14.8. The summed E-state index contributed by atoms with van der Waals surface area (Å²) >= 11 is 1.54. The van der Waals surface area contributed by atoms with Crippen LogP contribution in [-0.2, 0) is 13.0 Å². The molecular formula is C15H20N4OS. The van der Waals surface area contributed by atoms with Gasteiger partial charge in [0.1, 0.15) is 4.88 Å². The summed E-state index contributed by atoms with van der Waals surface area (Å²) < 4.78 is 1.91. The molecule has 0 spiro atoms. The number of carbonyl (C=O) groups excluding carboxylic acids is 1. The number of rotatable bonds is 4. The fourth-order valence-electron chi connectivity index (χ4n) is 2.85. The number of nitrogens with zero attached hydrogens (tertiary/aromatic N) is 4. The summed E-state index contributed by atoms with van der Waals surface area (Å²) in [4.78, 5) is 20.1. The number of aryl methyl sites for hydroxylation is 2. The minimum absolute atomic E-state index is 0.138. The topological polar surface area (TPSA) is 51.0 Å². The molecule has 0 aromatic carbocycles. The minimum atomic E-state index is 0.138. The molecule has 0 saturated carbocycles. The van der Waals surface area contributed by atoms with Crippen LogP contribution in [0.15, 0.2) is 18.5 Å². The van der Waals surface area contributed by atoms with Gasteiger partial charge in [-0.2, -0.15) is 5.10 Å². The first-order chi connectivity index (χ1) is 10.2. The lowest BCUT2D eigenvalue weighted by atomic mass is 10.2. The van der Waals surface area contributed by atoms with E-state index in [2.05, 4.69) is 17.0 Å². The maximum Gasteiger partial charge on any atom is 0.266 e. The van der Waals surface area contributed by atoms with Gasteiger partial charge in [-0.15, -0.1) is 11.3 Å². The third-order valence-corrected chi connectivity index (χ3v) is 5.22. The van der Waals surface area contributed by atoms with Crippen LogP contribution in [0.5, 0.6) is 0 Å². The molecule has 0 radical (unpaired) electrons. The average molecular weight is 304 g/mol. The molecule has 1 unspecified atom stereocenters. The van der Waals surface area contributed by atoms with Gasteiger partial charge in [-0.1, -0.05) is 6.92 Å². The lowest BCUT2D eigenvalue weighted by molar-refractivity contribution is 0.0725. The van der Waals surface area contributed by atoms with Gasteiger partial charge in [-0.25, -0.2) is 4.98 Å². The van der Waals surface area contributed by atoms with Crippen molar-refractivity contribution in [3.63, 3.8) is 0 Å². The van der Waals surface area contributed by atoms with Crippen molar-refractivity contribution >= 4 is 17.2 Å². The standard InChI is InChI=1S/C15H20N4OS/c1-3-13-17-11(2)14(21-13)15(20)19-9-4-6-12(19)10-18-8-5-7-16-18/h5,7-8,12H,3-4,6,9-10H2,1-2H3. The van der Waals surface area contributed by atoms with Crippen molar-refractivity contribution in [3.05, 3.63) is 34.0 Å². The third kappa shape index (κ3) is 2.85. The molecule has 1 amide bonds. The van der Waals surface area contributed by atoms with E-state index < -0.39 is 0 Å². The van der Waals surface area contributed by atoms with Crippen LogP contribution in [0.4, 0.5) is 0 Å². The van der Waals surface area contributed by atoms with Crippen molar-refractivity contribution in [2.75, 3.05) is 6.54 Å². The predicted octanol–water partition coefficient (Wildman–Crippen LogP) is 2.52. The molecule has 0 N–H and O–H groups in total. The van der Waals surface area contributed by atoms with Gasteiger partial charge in [0.25, 0.3) is 5.91 Å². The number of likely N-dealkylation sites (tertiary alicyclic amines) is 1. The molecule has 1 fully saturated rings. The number of hydrogen-bond acceptors (Lipinski definition) is 4. The van der Waals surface area contributed by atoms with Crippen LogP contribution in [0.1, 0.15) is 40.1 Å². The Hall–Kier alpha value is -1.69. The van der Waals surface area contributed by atoms with Gasteiger partial charge in [0.15, 0.2) is 0 Å². The predicted molar refractivity (Wildman–Crippen MR) is 82.5 cm³/mol. The minimum Gasteiger partial charge on any atom is -0.333 e. The Bertz CT molecular complexity index is 620. The maximum atomic E-state index is 12.8. The molecule has 3 heterocycles. The highest BCUT2D eigenvalue weighted by atomic mass is 32.1. The Balaban J connectivity index is 1.77. The summed E-state index contributed by atoms with van der Waals surface area (Å²) in [7, 11) is 0. The SMILES string of the molecule is CCc1nc(C)c(C(=O)N2CCCC2Cn2cccn2)s1. The van der Waals surface area contributed by atoms with Gasteiger partial charge in [-0.05, 0) is 32.3 Å². The van der Waals surface area contributed by atoms with E-state index in [4.69, 9.17) is 0 Å². The molecule has 5 nitrogen and oxygen atoms in total. The fourth-order valence-corrected chi connectivity index (χ4v) is 3.81. The first kappa shape index (κ1) is 14.3. The molecule has 0 aliphatic carbocycles. The van der Waals surface area contributed by atoms with E-state index in [1.165, 1.54) is 11.3 Å². The molecule has 1 atom stereocenters. The van der Waals surface area contributed by atoms with Crippen molar-refractivity contribution < 1.29 is 4.79 Å². The molecule has 112 valence electrons. The number of amides is 1. The van der Waals surface area contributed by atoms with E-state index in [-0.39, 0.29) is 11.9 Å².